The number of amides is 2. The van der Waals surface area contributed by atoms with Crippen molar-refractivity contribution >= 4 is 11.8 Å². The first-order valence-electron chi connectivity index (χ1n) is 9.05. The van der Waals surface area contributed by atoms with Crippen molar-refractivity contribution in [3.63, 3.8) is 0 Å². The Kier molecular flexibility index (Phi) is 7.10. The van der Waals surface area contributed by atoms with E-state index in [-0.39, 0.29) is 17.7 Å². The molecule has 0 saturated carbocycles. The molecule has 2 amide bonds. The summed E-state index contributed by atoms with van der Waals surface area (Å²) >= 11 is 0. The van der Waals surface area contributed by atoms with Crippen LogP contribution in [0.15, 0.2) is 18.2 Å². The van der Waals surface area contributed by atoms with Crippen molar-refractivity contribution in [3.8, 4) is 11.5 Å². The number of nitrogens with zero attached hydrogens (tertiary/aromatic N) is 1. The smallest absolute Gasteiger partial charge is 0.254 e. The Morgan fingerprint density at radius 2 is 1.84 bits per heavy atom. The maximum Gasteiger partial charge on any atom is 0.254 e. The van der Waals surface area contributed by atoms with Crippen molar-refractivity contribution in [2.24, 2.45) is 11.7 Å². The van der Waals surface area contributed by atoms with Crippen LogP contribution >= 0.6 is 0 Å². The fourth-order valence-corrected chi connectivity index (χ4v) is 2.87. The molecule has 0 bridgehead atoms. The standard InChI is InChI=1S/C19H28N2O4/c1-3-10-24-16-8-7-14(12-17(16)25-11-4-2)19(23)21-9-5-6-15(13-21)18(20)22/h7-8,12,15H,3-6,9-11,13H2,1-2H3,(H2,20,22). The van der Waals surface area contributed by atoms with Crippen LogP contribution in [0.1, 0.15) is 49.9 Å². The molecule has 1 aromatic rings. The Morgan fingerprint density at radius 1 is 1.16 bits per heavy atom. The third-order valence-electron chi connectivity index (χ3n) is 4.23. The molecule has 1 aliphatic rings. The monoisotopic (exact) mass is 348 g/mol. The van der Waals surface area contributed by atoms with Gasteiger partial charge in [0.05, 0.1) is 19.1 Å². The Balaban J connectivity index is 2.16. The predicted molar refractivity (Wildman–Crippen MR) is 95.8 cm³/mol. The van der Waals surface area contributed by atoms with Crippen molar-refractivity contribution in [2.45, 2.75) is 39.5 Å². The third-order valence-corrected chi connectivity index (χ3v) is 4.23. The Labute approximate surface area is 149 Å². The highest BCUT2D eigenvalue weighted by molar-refractivity contribution is 5.95. The van der Waals surface area contributed by atoms with Gasteiger partial charge in [-0.15, -0.1) is 0 Å². The van der Waals surface area contributed by atoms with Gasteiger partial charge in [0.2, 0.25) is 5.91 Å². The lowest BCUT2D eigenvalue weighted by Gasteiger charge is -2.31. The lowest BCUT2D eigenvalue weighted by Crippen LogP contribution is -2.44. The average Bonchev–Trinajstić information content (AvgIpc) is 2.64. The van der Waals surface area contributed by atoms with E-state index in [4.69, 9.17) is 15.2 Å². The van der Waals surface area contributed by atoms with E-state index in [1.54, 1.807) is 23.1 Å². The molecule has 1 atom stereocenters. The first-order chi connectivity index (χ1) is 12.1. The van der Waals surface area contributed by atoms with Crippen LogP contribution in [0.3, 0.4) is 0 Å². The van der Waals surface area contributed by atoms with Gasteiger partial charge in [-0.2, -0.15) is 0 Å². The molecule has 138 valence electrons. The molecule has 0 aliphatic carbocycles. The SMILES string of the molecule is CCCOc1ccc(C(=O)N2CCCC(C(N)=O)C2)cc1OCCC. The zero-order chi connectivity index (χ0) is 18.2. The zero-order valence-corrected chi connectivity index (χ0v) is 15.1. The van der Waals surface area contributed by atoms with E-state index in [9.17, 15) is 9.59 Å². The van der Waals surface area contributed by atoms with Crippen LogP contribution in [-0.2, 0) is 4.79 Å². The van der Waals surface area contributed by atoms with Crippen LogP contribution in [0.25, 0.3) is 0 Å². The lowest BCUT2D eigenvalue weighted by atomic mass is 9.97. The minimum absolute atomic E-state index is 0.102. The number of ether oxygens (including phenoxy) is 2. The van der Waals surface area contributed by atoms with Gasteiger partial charge in [-0.1, -0.05) is 13.8 Å². The predicted octanol–water partition coefficient (Wildman–Crippen LogP) is 2.60. The Hall–Kier alpha value is -2.24. The van der Waals surface area contributed by atoms with E-state index in [2.05, 4.69) is 0 Å². The van der Waals surface area contributed by atoms with Crippen molar-refractivity contribution in [1.29, 1.82) is 0 Å². The number of carbonyl (C=O) groups excluding carboxylic acids is 2. The summed E-state index contributed by atoms with van der Waals surface area (Å²) in [6.07, 6.45) is 3.30. The first-order valence-corrected chi connectivity index (χ1v) is 9.05. The molecule has 0 spiro atoms. The quantitative estimate of drug-likeness (QED) is 0.783. The van der Waals surface area contributed by atoms with Crippen molar-refractivity contribution in [2.75, 3.05) is 26.3 Å². The largest absolute Gasteiger partial charge is 0.490 e. The van der Waals surface area contributed by atoms with Crippen molar-refractivity contribution in [1.82, 2.24) is 4.90 Å². The van der Waals surface area contributed by atoms with Crippen LogP contribution in [-0.4, -0.2) is 43.0 Å². The lowest BCUT2D eigenvalue weighted by molar-refractivity contribution is -0.123. The van der Waals surface area contributed by atoms with E-state index in [0.717, 1.165) is 25.7 Å². The van der Waals surface area contributed by atoms with E-state index in [1.807, 2.05) is 13.8 Å². The molecule has 2 N–H and O–H groups in total. The first kappa shape index (κ1) is 19.1. The number of piperidine rings is 1. The molecule has 6 heteroatoms. The summed E-state index contributed by atoms with van der Waals surface area (Å²) in [6, 6.07) is 5.26. The van der Waals surface area contributed by atoms with E-state index >= 15 is 0 Å². The summed E-state index contributed by atoms with van der Waals surface area (Å²) in [5, 5.41) is 0. The van der Waals surface area contributed by atoms with Crippen LogP contribution in [0, 0.1) is 5.92 Å². The second-order valence-electron chi connectivity index (χ2n) is 6.35. The maximum atomic E-state index is 12.8. The molecule has 1 saturated heterocycles. The molecule has 1 heterocycles. The van der Waals surface area contributed by atoms with Gasteiger partial charge in [-0.3, -0.25) is 9.59 Å². The third kappa shape index (κ3) is 5.11. The molecule has 1 aromatic carbocycles. The summed E-state index contributed by atoms with van der Waals surface area (Å²) in [4.78, 5) is 25.9. The zero-order valence-electron chi connectivity index (χ0n) is 15.1. The maximum absolute atomic E-state index is 12.8. The highest BCUT2D eigenvalue weighted by atomic mass is 16.5. The second kappa shape index (κ2) is 9.30. The van der Waals surface area contributed by atoms with Gasteiger partial charge >= 0.3 is 0 Å². The van der Waals surface area contributed by atoms with Crippen LogP contribution in [0.2, 0.25) is 0 Å². The number of hydrogen-bond donors (Lipinski definition) is 1. The van der Waals surface area contributed by atoms with Gasteiger partial charge in [-0.05, 0) is 43.9 Å². The number of likely N-dealkylation sites (tertiary alicyclic amines) is 1. The number of hydrogen-bond acceptors (Lipinski definition) is 4. The Bertz CT molecular complexity index is 603. The van der Waals surface area contributed by atoms with Crippen LogP contribution in [0.4, 0.5) is 0 Å². The molecule has 6 nitrogen and oxygen atoms in total. The fourth-order valence-electron chi connectivity index (χ4n) is 2.87. The van der Waals surface area contributed by atoms with Gasteiger partial charge < -0.3 is 20.1 Å². The number of primary amides is 1. The molecule has 1 unspecified atom stereocenters. The fraction of sp³-hybridized carbons (Fsp3) is 0.579. The molecule has 1 aliphatic heterocycles. The Morgan fingerprint density at radius 3 is 2.48 bits per heavy atom. The summed E-state index contributed by atoms with van der Waals surface area (Å²) in [5.74, 6) is 0.535. The van der Waals surface area contributed by atoms with E-state index in [0.29, 0.717) is 43.4 Å². The molecule has 0 radical (unpaired) electrons. The molecule has 1 fully saturated rings. The van der Waals surface area contributed by atoms with Crippen LogP contribution < -0.4 is 15.2 Å². The van der Waals surface area contributed by atoms with Gasteiger partial charge in [-0.25, -0.2) is 0 Å². The van der Waals surface area contributed by atoms with Gasteiger partial charge in [0.15, 0.2) is 11.5 Å². The topological polar surface area (TPSA) is 81.9 Å². The second-order valence-corrected chi connectivity index (χ2v) is 6.35. The van der Waals surface area contributed by atoms with Crippen molar-refractivity contribution < 1.29 is 19.1 Å². The number of rotatable bonds is 8. The van der Waals surface area contributed by atoms with E-state index < -0.39 is 0 Å². The summed E-state index contributed by atoms with van der Waals surface area (Å²) in [7, 11) is 0. The highest BCUT2D eigenvalue weighted by Crippen LogP contribution is 2.30. The van der Waals surface area contributed by atoms with Crippen molar-refractivity contribution in [3.05, 3.63) is 23.8 Å². The molecular formula is C19H28N2O4. The molecule has 2 rings (SSSR count). The molecule has 0 aromatic heterocycles. The van der Waals surface area contributed by atoms with Gasteiger partial charge in [0, 0.05) is 18.7 Å². The summed E-state index contributed by atoms with van der Waals surface area (Å²) in [5.41, 5.74) is 5.94. The average molecular weight is 348 g/mol. The number of benzene rings is 1. The number of nitrogens with two attached hydrogens (primary N) is 1. The summed E-state index contributed by atoms with van der Waals surface area (Å²) < 4.78 is 11.5. The highest BCUT2D eigenvalue weighted by Gasteiger charge is 2.28. The summed E-state index contributed by atoms with van der Waals surface area (Å²) in [6.45, 7) is 6.25. The number of carbonyl (C=O) groups is 2. The van der Waals surface area contributed by atoms with Gasteiger partial charge in [0.25, 0.3) is 5.91 Å². The van der Waals surface area contributed by atoms with E-state index in [1.165, 1.54) is 0 Å². The van der Waals surface area contributed by atoms with Crippen LogP contribution in [0.5, 0.6) is 11.5 Å². The normalized spacial score (nSPS) is 17.2. The molecule has 25 heavy (non-hydrogen) atoms. The minimum Gasteiger partial charge on any atom is -0.490 e. The minimum atomic E-state index is -0.340. The molecular weight excluding hydrogens is 320 g/mol. The van der Waals surface area contributed by atoms with Gasteiger partial charge in [0.1, 0.15) is 0 Å².